The van der Waals surface area contributed by atoms with Crippen LogP contribution in [-0.2, 0) is 0 Å². The Morgan fingerprint density at radius 3 is 2.88 bits per heavy atom. The normalized spacial score (nSPS) is 20.3. The van der Waals surface area contributed by atoms with Crippen molar-refractivity contribution in [2.24, 2.45) is 0 Å². The standard InChI is InChI=1S/C12H15BrFNO2/c1-17-12-10(9-4-2-3-5-15-9)7(13)6-8(14)11(12)16/h6,9,15-16H,2-5H2,1H3. The number of benzene rings is 1. The first-order valence-corrected chi connectivity index (χ1v) is 6.42. The lowest BCUT2D eigenvalue weighted by Crippen LogP contribution is -2.27. The molecule has 0 spiro atoms. The molecule has 2 rings (SSSR count). The molecule has 1 atom stereocenters. The molecule has 1 aliphatic rings. The van der Waals surface area contributed by atoms with Crippen LogP contribution in [0.15, 0.2) is 10.5 Å². The van der Waals surface area contributed by atoms with Gasteiger partial charge < -0.3 is 15.2 Å². The first-order chi connectivity index (χ1) is 8.15. The molecule has 0 saturated carbocycles. The van der Waals surface area contributed by atoms with Gasteiger partial charge in [0.1, 0.15) is 0 Å². The van der Waals surface area contributed by atoms with Crippen molar-refractivity contribution in [3.8, 4) is 11.5 Å². The smallest absolute Gasteiger partial charge is 0.194 e. The molecule has 1 heterocycles. The van der Waals surface area contributed by atoms with Gasteiger partial charge in [0.2, 0.25) is 0 Å². The largest absolute Gasteiger partial charge is 0.502 e. The number of phenolic OH excluding ortho intramolecular Hbond substituents is 1. The van der Waals surface area contributed by atoms with Crippen LogP contribution in [0.3, 0.4) is 0 Å². The van der Waals surface area contributed by atoms with Gasteiger partial charge in [-0.1, -0.05) is 22.4 Å². The number of hydrogen-bond acceptors (Lipinski definition) is 3. The van der Waals surface area contributed by atoms with Gasteiger partial charge in [0.15, 0.2) is 17.3 Å². The molecule has 1 aromatic carbocycles. The zero-order valence-corrected chi connectivity index (χ0v) is 11.2. The molecular formula is C12H15BrFNO2. The second kappa shape index (κ2) is 5.23. The van der Waals surface area contributed by atoms with E-state index in [2.05, 4.69) is 21.2 Å². The van der Waals surface area contributed by atoms with E-state index in [4.69, 9.17) is 4.74 Å². The summed E-state index contributed by atoms with van der Waals surface area (Å²) in [6.45, 7) is 0.929. The lowest BCUT2D eigenvalue weighted by atomic mass is 9.96. The maximum absolute atomic E-state index is 13.4. The molecule has 5 heteroatoms. The van der Waals surface area contributed by atoms with E-state index in [0.717, 1.165) is 31.4 Å². The van der Waals surface area contributed by atoms with Crippen LogP contribution >= 0.6 is 15.9 Å². The second-order valence-electron chi connectivity index (χ2n) is 4.14. The molecule has 1 aliphatic heterocycles. The highest BCUT2D eigenvalue weighted by atomic mass is 79.9. The number of rotatable bonds is 2. The zero-order chi connectivity index (χ0) is 12.4. The minimum atomic E-state index is -0.673. The summed E-state index contributed by atoms with van der Waals surface area (Å²) >= 11 is 3.34. The van der Waals surface area contributed by atoms with E-state index in [1.165, 1.54) is 13.2 Å². The van der Waals surface area contributed by atoms with E-state index < -0.39 is 11.6 Å². The van der Waals surface area contributed by atoms with Crippen LogP contribution in [0.2, 0.25) is 0 Å². The predicted molar refractivity (Wildman–Crippen MR) is 66.9 cm³/mol. The summed E-state index contributed by atoms with van der Waals surface area (Å²) in [5.74, 6) is -0.873. The van der Waals surface area contributed by atoms with E-state index in [0.29, 0.717) is 4.47 Å². The first-order valence-electron chi connectivity index (χ1n) is 5.63. The Kier molecular flexibility index (Phi) is 3.89. The summed E-state index contributed by atoms with van der Waals surface area (Å²) in [7, 11) is 1.44. The predicted octanol–water partition coefficient (Wildman–Crippen LogP) is 3.12. The van der Waals surface area contributed by atoms with Gasteiger partial charge >= 0.3 is 0 Å². The Morgan fingerprint density at radius 2 is 2.29 bits per heavy atom. The van der Waals surface area contributed by atoms with Gasteiger partial charge in [-0.05, 0) is 25.5 Å². The van der Waals surface area contributed by atoms with Gasteiger partial charge in [-0.2, -0.15) is 0 Å². The molecule has 0 radical (unpaired) electrons. The first kappa shape index (κ1) is 12.6. The second-order valence-corrected chi connectivity index (χ2v) is 4.99. The van der Waals surface area contributed by atoms with Gasteiger partial charge in [0, 0.05) is 16.1 Å². The summed E-state index contributed by atoms with van der Waals surface area (Å²) in [5.41, 5.74) is 0.797. The minimum absolute atomic E-state index is 0.0968. The van der Waals surface area contributed by atoms with Crippen LogP contribution in [0.25, 0.3) is 0 Å². The molecule has 1 aromatic rings. The van der Waals surface area contributed by atoms with Crippen LogP contribution in [0.5, 0.6) is 11.5 Å². The number of piperidine rings is 1. The summed E-state index contributed by atoms with van der Waals surface area (Å²) < 4.78 is 19.2. The van der Waals surface area contributed by atoms with Gasteiger partial charge in [0.25, 0.3) is 0 Å². The molecular weight excluding hydrogens is 289 g/mol. The number of hydrogen-bond donors (Lipinski definition) is 2. The van der Waals surface area contributed by atoms with E-state index in [9.17, 15) is 9.50 Å². The van der Waals surface area contributed by atoms with Crippen molar-refractivity contribution >= 4 is 15.9 Å². The third kappa shape index (κ3) is 2.40. The molecule has 17 heavy (non-hydrogen) atoms. The van der Waals surface area contributed by atoms with E-state index in [-0.39, 0.29) is 11.8 Å². The topological polar surface area (TPSA) is 41.5 Å². The van der Waals surface area contributed by atoms with Gasteiger partial charge in [-0.15, -0.1) is 0 Å². The van der Waals surface area contributed by atoms with E-state index in [1.54, 1.807) is 0 Å². The number of halogens is 2. The maximum atomic E-state index is 13.4. The Balaban J connectivity index is 2.47. The van der Waals surface area contributed by atoms with Crippen molar-refractivity contribution < 1.29 is 14.2 Å². The molecule has 2 N–H and O–H groups in total. The average molecular weight is 304 g/mol. The van der Waals surface area contributed by atoms with Crippen LogP contribution in [-0.4, -0.2) is 18.8 Å². The molecule has 0 bridgehead atoms. The Hall–Kier alpha value is -0.810. The van der Waals surface area contributed by atoms with Crippen molar-refractivity contribution in [2.45, 2.75) is 25.3 Å². The van der Waals surface area contributed by atoms with Crippen LogP contribution in [0, 0.1) is 5.82 Å². The fourth-order valence-corrected chi connectivity index (χ4v) is 2.89. The highest BCUT2D eigenvalue weighted by Gasteiger charge is 2.25. The van der Waals surface area contributed by atoms with Crippen LogP contribution in [0.4, 0.5) is 4.39 Å². The summed E-state index contributed by atoms with van der Waals surface area (Å²) in [5, 5.41) is 13.0. The van der Waals surface area contributed by atoms with Gasteiger partial charge in [-0.25, -0.2) is 4.39 Å². The number of methoxy groups -OCH3 is 1. The Labute approximate surface area is 108 Å². The molecule has 1 unspecified atom stereocenters. The summed E-state index contributed by atoms with van der Waals surface area (Å²) in [6, 6.07) is 1.38. The van der Waals surface area contributed by atoms with Crippen molar-refractivity contribution in [3.63, 3.8) is 0 Å². The SMILES string of the molecule is COc1c(O)c(F)cc(Br)c1C1CCCCN1. The third-order valence-electron chi connectivity index (χ3n) is 3.06. The van der Waals surface area contributed by atoms with E-state index >= 15 is 0 Å². The Morgan fingerprint density at radius 1 is 1.53 bits per heavy atom. The molecule has 0 aliphatic carbocycles. The minimum Gasteiger partial charge on any atom is -0.502 e. The lowest BCUT2D eigenvalue weighted by Gasteiger charge is -2.26. The van der Waals surface area contributed by atoms with Crippen molar-refractivity contribution in [1.29, 1.82) is 0 Å². The highest BCUT2D eigenvalue weighted by molar-refractivity contribution is 9.10. The summed E-state index contributed by atoms with van der Waals surface area (Å²) in [4.78, 5) is 0. The van der Waals surface area contributed by atoms with Crippen LogP contribution in [0.1, 0.15) is 30.9 Å². The monoisotopic (exact) mass is 303 g/mol. The Bertz CT molecular complexity index is 419. The summed E-state index contributed by atoms with van der Waals surface area (Å²) in [6.07, 6.45) is 3.22. The van der Waals surface area contributed by atoms with E-state index in [1.807, 2.05) is 0 Å². The highest BCUT2D eigenvalue weighted by Crippen LogP contribution is 2.43. The number of ether oxygens (including phenoxy) is 1. The maximum Gasteiger partial charge on any atom is 0.194 e. The fraction of sp³-hybridized carbons (Fsp3) is 0.500. The number of phenols is 1. The van der Waals surface area contributed by atoms with Gasteiger partial charge in [-0.3, -0.25) is 0 Å². The van der Waals surface area contributed by atoms with Gasteiger partial charge in [0.05, 0.1) is 7.11 Å². The van der Waals surface area contributed by atoms with Crippen molar-refractivity contribution in [2.75, 3.05) is 13.7 Å². The molecule has 0 aromatic heterocycles. The molecule has 94 valence electrons. The fourth-order valence-electron chi connectivity index (χ4n) is 2.23. The van der Waals surface area contributed by atoms with Crippen molar-refractivity contribution in [3.05, 3.63) is 21.9 Å². The average Bonchev–Trinajstić information content (AvgIpc) is 2.34. The third-order valence-corrected chi connectivity index (χ3v) is 3.72. The molecule has 1 saturated heterocycles. The van der Waals surface area contributed by atoms with Crippen molar-refractivity contribution in [1.82, 2.24) is 5.32 Å². The van der Waals surface area contributed by atoms with Crippen LogP contribution < -0.4 is 10.1 Å². The molecule has 3 nitrogen and oxygen atoms in total. The zero-order valence-electron chi connectivity index (χ0n) is 9.59. The quantitative estimate of drug-likeness (QED) is 0.882. The molecule has 1 fully saturated rings. The number of aromatic hydroxyl groups is 1. The lowest BCUT2D eigenvalue weighted by molar-refractivity contribution is 0.337. The number of nitrogens with one attached hydrogen (secondary N) is 1. The molecule has 0 amide bonds.